The smallest absolute Gasteiger partial charge is 0.336 e. The van der Waals surface area contributed by atoms with Gasteiger partial charge in [-0.1, -0.05) is 48.9 Å². The van der Waals surface area contributed by atoms with Gasteiger partial charge < -0.3 is 19.5 Å². The Balaban J connectivity index is 1.62. The van der Waals surface area contributed by atoms with Crippen molar-refractivity contribution in [3.63, 3.8) is 0 Å². The number of halogens is 1. The zero-order chi connectivity index (χ0) is 23.8. The van der Waals surface area contributed by atoms with Crippen LogP contribution in [0.4, 0.5) is 0 Å². The molecule has 2 aromatic rings. The number of esters is 1. The van der Waals surface area contributed by atoms with Crippen LogP contribution in [0.5, 0.6) is 11.5 Å². The molecule has 0 bridgehead atoms. The van der Waals surface area contributed by atoms with Gasteiger partial charge in [-0.3, -0.25) is 4.79 Å². The van der Waals surface area contributed by atoms with Crippen molar-refractivity contribution in [2.45, 2.75) is 44.9 Å². The molecule has 34 heavy (non-hydrogen) atoms. The Morgan fingerprint density at radius 3 is 2.62 bits per heavy atom. The lowest BCUT2D eigenvalue weighted by molar-refractivity contribution is -0.139. The number of fused-ring (bicyclic) bond motifs is 1. The molecule has 0 spiro atoms. The van der Waals surface area contributed by atoms with E-state index in [0.29, 0.717) is 64.8 Å². The molecule has 2 atom stereocenters. The molecule has 0 saturated carbocycles. The summed E-state index contributed by atoms with van der Waals surface area (Å²) in [6.07, 6.45) is 1.73. The highest BCUT2D eigenvalue weighted by atomic mass is 35.5. The first-order valence-corrected chi connectivity index (χ1v) is 11.9. The molecule has 2 aromatic carbocycles. The zero-order valence-corrected chi connectivity index (χ0v) is 19.9. The van der Waals surface area contributed by atoms with Crippen molar-refractivity contribution in [2.24, 2.45) is 0 Å². The SMILES string of the molecule is CCCOC(=O)C1=C(C)NC2=C(C(=O)C[C@@H](c3ccccc3)C2)[C@@H]1c1cc2c(cc1Cl)OCO2. The fraction of sp³-hybridized carbons (Fsp3) is 0.333. The van der Waals surface area contributed by atoms with Crippen molar-refractivity contribution < 1.29 is 23.8 Å². The molecular formula is C27H26ClNO5. The van der Waals surface area contributed by atoms with Crippen LogP contribution in [0, 0.1) is 0 Å². The molecule has 2 heterocycles. The topological polar surface area (TPSA) is 73.9 Å². The lowest BCUT2D eigenvalue weighted by atomic mass is 9.71. The monoisotopic (exact) mass is 479 g/mol. The van der Waals surface area contributed by atoms with E-state index in [1.807, 2.05) is 32.0 Å². The Labute approximate surface area is 203 Å². The van der Waals surface area contributed by atoms with Gasteiger partial charge in [-0.05, 0) is 42.9 Å². The van der Waals surface area contributed by atoms with E-state index in [9.17, 15) is 9.59 Å². The minimum atomic E-state index is -0.646. The summed E-state index contributed by atoms with van der Waals surface area (Å²) in [6, 6.07) is 13.5. The van der Waals surface area contributed by atoms with Gasteiger partial charge in [0, 0.05) is 40.4 Å². The van der Waals surface area contributed by atoms with Crippen LogP contribution in [0.15, 0.2) is 65.0 Å². The van der Waals surface area contributed by atoms with Crippen LogP contribution < -0.4 is 14.8 Å². The van der Waals surface area contributed by atoms with Crippen LogP contribution >= 0.6 is 11.6 Å². The van der Waals surface area contributed by atoms with Crippen LogP contribution in [-0.2, 0) is 14.3 Å². The number of benzene rings is 2. The van der Waals surface area contributed by atoms with E-state index in [1.54, 1.807) is 12.1 Å². The first-order valence-electron chi connectivity index (χ1n) is 11.5. The second-order valence-corrected chi connectivity index (χ2v) is 9.20. The van der Waals surface area contributed by atoms with E-state index in [4.69, 9.17) is 25.8 Å². The van der Waals surface area contributed by atoms with E-state index in [1.165, 1.54) is 0 Å². The fourth-order valence-electron chi connectivity index (χ4n) is 5.01. The number of carbonyl (C=O) groups is 2. The van der Waals surface area contributed by atoms with E-state index in [2.05, 4.69) is 17.4 Å². The third-order valence-corrected chi connectivity index (χ3v) is 6.89. The molecule has 1 N–H and O–H groups in total. The zero-order valence-electron chi connectivity index (χ0n) is 19.2. The highest BCUT2D eigenvalue weighted by Gasteiger charge is 2.42. The predicted molar refractivity (Wildman–Crippen MR) is 128 cm³/mol. The first kappa shape index (κ1) is 22.5. The van der Waals surface area contributed by atoms with Gasteiger partial charge in [-0.2, -0.15) is 0 Å². The average Bonchev–Trinajstić information content (AvgIpc) is 3.28. The number of dihydropyridines is 1. The highest BCUT2D eigenvalue weighted by molar-refractivity contribution is 6.32. The van der Waals surface area contributed by atoms with E-state index in [-0.39, 0.29) is 18.5 Å². The summed E-state index contributed by atoms with van der Waals surface area (Å²) < 4.78 is 16.6. The molecule has 0 fully saturated rings. The summed E-state index contributed by atoms with van der Waals surface area (Å²) >= 11 is 6.70. The molecule has 0 amide bonds. The Bertz CT molecular complexity index is 1220. The lowest BCUT2D eigenvalue weighted by Gasteiger charge is -2.37. The maximum absolute atomic E-state index is 13.7. The number of ketones is 1. The van der Waals surface area contributed by atoms with Gasteiger partial charge >= 0.3 is 5.97 Å². The molecule has 7 heteroatoms. The molecule has 0 radical (unpaired) electrons. The van der Waals surface area contributed by atoms with E-state index >= 15 is 0 Å². The summed E-state index contributed by atoms with van der Waals surface area (Å²) in [5, 5.41) is 3.78. The van der Waals surface area contributed by atoms with Crippen molar-refractivity contribution >= 4 is 23.4 Å². The minimum Gasteiger partial charge on any atom is -0.462 e. The summed E-state index contributed by atoms with van der Waals surface area (Å²) in [6.45, 7) is 4.19. The van der Waals surface area contributed by atoms with Gasteiger partial charge in [0.05, 0.1) is 12.2 Å². The molecule has 0 saturated heterocycles. The van der Waals surface area contributed by atoms with Gasteiger partial charge in [0.25, 0.3) is 0 Å². The molecule has 3 aliphatic rings. The molecule has 1 aliphatic carbocycles. The van der Waals surface area contributed by atoms with Crippen molar-refractivity contribution in [3.8, 4) is 11.5 Å². The Morgan fingerprint density at radius 2 is 1.88 bits per heavy atom. The molecule has 5 rings (SSSR count). The van der Waals surface area contributed by atoms with Gasteiger partial charge in [0.15, 0.2) is 17.3 Å². The number of hydrogen-bond acceptors (Lipinski definition) is 6. The van der Waals surface area contributed by atoms with Crippen LogP contribution in [-0.4, -0.2) is 25.2 Å². The third-order valence-electron chi connectivity index (χ3n) is 6.56. The van der Waals surface area contributed by atoms with Crippen molar-refractivity contribution in [2.75, 3.05) is 13.4 Å². The quantitative estimate of drug-likeness (QED) is 0.580. The predicted octanol–water partition coefficient (Wildman–Crippen LogP) is 5.38. The second kappa shape index (κ2) is 9.18. The number of rotatable bonds is 5. The summed E-state index contributed by atoms with van der Waals surface area (Å²) in [5.41, 5.74) is 4.22. The standard InChI is InChI=1S/C27H26ClNO5/c1-3-9-32-27(31)24-15(2)29-20-10-17(16-7-5-4-6-8-16)11-21(30)26(20)25(24)18-12-22-23(13-19(18)28)34-14-33-22/h4-8,12-13,17,25,29H,3,9-11,14H2,1-2H3/t17-,25+/m0/s1. The summed E-state index contributed by atoms with van der Waals surface area (Å²) in [7, 11) is 0. The lowest BCUT2D eigenvalue weighted by Crippen LogP contribution is -2.36. The minimum absolute atomic E-state index is 0.00497. The summed E-state index contributed by atoms with van der Waals surface area (Å²) in [4.78, 5) is 26.9. The molecule has 0 unspecified atom stereocenters. The Kier molecular flexibility index (Phi) is 6.09. The first-order chi connectivity index (χ1) is 16.5. The average molecular weight is 480 g/mol. The normalized spacial score (nSPS) is 21.3. The fourth-order valence-corrected chi connectivity index (χ4v) is 5.27. The number of ether oxygens (including phenoxy) is 3. The van der Waals surface area contributed by atoms with Crippen molar-refractivity contribution in [1.82, 2.24) is 5.32 Å². The van der Waals surface area contributed by atoms with Gasteiger partial charge in [-0.15, -0.1) is 0 Å². The Hall–Kier alpha value is -3.25. The number of allylic oxidation sites excluding steroid dienone is 3. The third kappa shape index (κ3) is 3.96. The molecule has 176 valence electrons. The molecule has 0 aromatic heterocycles. The molecule has 2 aliphatic heterocycles. The molecule has 6 nitrogen and oxygen atoms in total. The highest BCUT2D eigenvalue weighted by Crippen LogP contribution is 2.49. The van der Waals surface area contributed by atoms with Gasteiger partial charge in [0.1, 0.15) is 0 Å². The number of hydrogen-bond donors (Lipinski definition) is 1. The molecular weight excluding hydrogens is 454 g/mol. The van der Waals surface area contributed by atoms with Crippen LogP contribution in [0.25, 0.3) is 0 Å². The van der Waals surface area contributed by atoms with E-state index in [0.717, 1.165) is 11.3 Å². The largest absolute Gasteiger partial charge is 0.462 e. The summed E-state index contributed by atoms with van der Waals surface area (Å²) in [5.74, 6) is 0.0574. The van der Waals surface area contributed by atoms with Crippen LogP contribution in [0.1, 0.15) is 56.1 Å². The van der Waals surface area contributed by atoms with E-state index < -0.39 is 11.9 Å². The Morgan fingerprint density at radius 1 is 1.15 bits per heavy atom. The second-order valence-electron chi connectivity index (χ2n) is 8.79. The number of Topliss-reactive ketones (excluding diaryl/α,β-unsaturated/α-hetero) is 1. The number of carbonyl (C=O) groups excluding carboxylic acids is 2. The van der Waals surface area contributed by atoms with Gasteiger partial charge in [0.2, 0.25) is 6.79 Å². The maximum atomic E-state index is 13.7. The number of nitrogens with one attached hydrogen (secondary N) is 1. The van der Waals surface area contributed by atoms with Crippen LogP contribution in [0.3, 0.4) is 0 Å². The maximum Gasteiger partial charge on any atom is 0.336 e. The van der Waals surface area contributed by atoms with Crippen molar-refractivity contribution in [1.29, 1.82) is 0 Å². The van der Waals surface area contributed by atoms with Gasteiger partial charge in [-0.25, -0.2) is 4.79 Å². The van der Waals surface area contributed by atoms with Crippen LogP contribution in [0.2, 0.25) is 5.02 Å². The van der Waals surface area contributed by atoms with Crippen molar-refractivity contribution in [3.05, 3.63) is 81.2 Å².